The molecule has 5 nitrogen and oxygen atoms in total. The smallest absolute Gasteiger partial charge is 0.147 e. The van der Waals surface area contributed by atoms with Crippen LogP contribution in [-0.4, -0.2) is 19.7 Å². The fraction of sp³-hybridized carbons (Fsp3) is 0.118. The number of nitrogens with zero attached hydrogens (tertiary/aromatic N) is 4. The van der Waals surface area contributed by atoms with Crippen LogP contribution < -0.4 is 5.32 Å². The minimum Gasteiger partial charge on any atom is -0.361 e. The van der Waals surface area contributed by atoms with Gasteiger partial charge in [0.05, 0.1) is 30.5 Å². The third-order valence-corrected chi connectivity index (χ3v) is 5.60. The van der Waals surface area contributed by atoms with Gasteiger partial charge >= 0.3 is 0 Å². The molecule has 1 aromatic carbocycles. The summed E-state index contributed by atoms with van der Waals surface area (Å²) in [4.78, 5) is 8.72. The molecule has 3 heterocycles. The van der Waals surface area contributed by atoms with E-state index in [2.05, 4.69) is 56.0 Å². The van der Waals surface area contributed by atoms with Gasteiger partial charge in [0.1, 0.15) is 12.1 Å². The lowest BCUT2D eigenvalue weighted by Gasteiger charge is -2.12. The third kappa shape index (κ3) is 3.01. The van der Waals surface area contributed by atoms with Gasteiger partial charge in [0.15, 0.2) is 0 Å². The van der Waals surface area contributed by atoms with E-state index in [1.807, 2.05) is 47.3 Å². The number of hydrogen-bond acceptors (Lipinski definition) is 5. The Kier molecular flexibility index (Phi) is 4.19. The van der Waals surface area contributed by atoms with E-state index >= 15 is 0 Å². The molecule has 0 amide bonds. The maximum atomic E-state index is 4.67. The zero-order valence-corrected chi connectivity index (χ0v) is 15.8. The molecule has 0 spiro atoms. The Morgan fingerprint density at radius 1 is 1.17 bits per heavy atom. The standard InChI is InChI=1S/C17H14IN5S/c1-11(13-7-8-23(22-13)12-5-3-2-4-6-12)21-17-16-14(19-10-20-17)9-15(18)24-16/h2-11H,1H3,(H,19,20,21). The maximum absolute atomic E-state index is 4.67. The number of rotatable bonds is 4. The molecule has 4 aromatic rings. The average molecular weight is 447 g/mol. The van der Waals surface area contributed by atoms with Crippen molar-refractivity contribution in [3.8, 4) is 5.69 Å². The van der Waals surface area contributed by atoms with Crippen LogP contribution in [-0.2, 0) is 0 Å². The highest BCUT2D eigenvalue weighted by molar-refractivity contribution is 14.1. The molecule has 120 valence electrons. The van der Waals surface area contributed by atoms with E-state index < -0.39 is 0 Å². The minimum atomic E-state index is 0.0489. The molecule has 0 radical (unpaired) electrons. The lowest BCUT2D eigenvalue weighted by molar-refractivity contribution is 0.776. The summed E-state index contributed by atoms with van der Waals surface area (Å²) in [6.07, 6.45) is 3.58. The number of nitrogens with one attached hydrogen (secondary N) is 1. The molecule has 0 fully saturated rings. The molecule has 24 heavy (non-hydrogen) atoms. The highest BCUT2D eigenvalue weighted by Gasteiger charge is 2.14. The van der Waals surface area contributed by atoms with E-state index in [-0.39, 0.29) is 6.04 Å². The molecular formula is C17H14IN5S. The topological polar surface area (TPSA) is 55.6 Å². The van der Waals surface area contributed by atoms with Crippen LogP contribution in [0.15, 0.2) is 55.0 Å². The summed E-state index contributed by atoms with van der Waals surface area (Å²) in [7, 11) is 0. The largest absolute Gasteiger partial charge is 0.361 e. The van der Waals surface area contributed by atoms with Gasteiger partial charge in [-0.2, -0.15) is 5.10 Å². The van der Waals surface area contributed by atoms with Crippen LogP contribution in [0.5, 0.6) is 0 Å². The number of fused-ring (bicyclic) bond motifs is 1. The molecule has 3 aromatic heterocycles. The van der Waals surface area contributed by atoms with Crippen molar-refractivity contribution in [3.63, 3.8) is 0 Å². The van der Waals surface area contributed by atoms with E-state index in [9.17, 15) is 0 Å². The zero-order chi connectivity index (χ0) is 16.5. The molecule has 1 atom stereocenters. The van der Waals surface area contributed by atoms with Crippen LogP contribution in [0.3, 0.4) is 0 Å². The Bertz CT molecular complexity index is 979. The van der Waals surface area contributed by atoms with E-state index in [4.69, 9.17) is 0 Å². The third-order valence-electron chi connectivity index (χ3n) is 3.71. The lowest BCUT2D eigenvalue weighted by Crippen LogP contribution is -2.09. The van der Waals surface area contributed by atoms with Crippen molar-refractivity contribution in [2.75, 3.05) is 5.32 Å². The predicted molar refractivity (Wildman–Crippen MR) is 106 cm³/mol. The number of anilines is 1. The van der Waals surface area contributed by atoms with Crippen molar-refractivity contribution >= 4 is 50.0 Å². The Hall–Kier alpha value is -2.00. The monoisotopic (exact) mass is 447 g/mol. The van der Waals surface area contributed by atoms with Crippen LogP contribution in [0.2, 0.25) is 0 Å². The van der Waals surface area contributed by atoms with Crippen molar-refractivity contribution in [3.05, 3.63) is 63.6 Å². The van der Waals surface area contributed by atoms with Crippen molar-refractivity contribution in [2.45, 2.75) is 13.0 Å². The zero-order valence-electron chi connectivity index (χ0n) is 12.8. The molecular weight excluding hydrogens is 433 g/mol. The van der Waals surface area contributed by atoms with Crippen LogP contribution in [0, 0.1) is 2.88 Å². The molecule has 7 heteroatoms. The summed E-state index contributed by atoms with van der Waals surface area (Å²) >= 11 is 4.00. The first-order valence-corrected chi connectivity index (χ1v) is 9.38. The minimum absolute atomic E-state index is 0.0489. The summed E-state index contributed by atoms with van der Waals surface area (Å²) in [5.41, 5.74) is 2.99. The van der Waals surface area contributed by atoms with Crippen LogP contribution in [0.4, 0.5) is 5.82 Å². The van der Waals surface area contributed by atoms with Gasteiger partial charge in [0, 0.05) is 6.20 Å². The molecule has 0 aliphatic rings. The summed E-state index contributed by atoms with van der Waals surface area (Å²) in [5, 5.41) is 8.13. The first kappa shape index (κ1) is 15.5. The van der Waals surface area contributed by atoms with Crippen LogP contribution in [0.1, 0.15) is 18.7 Å². The van der Waals surface area contributed by atoms with Gasteiger partial charge in [-0.15, -0.1) is 11.3 Å². The Labute approximate surface area is 156 Å². The fourth-order valence-corrected chi connectivity index (χ4v) is 4.25. The first-order valence-electron chi connectivity index (χ1n) is 7.48. The predicted octanol–water partition coefficient (Wildman–Crippen LogP) is 4.65. The number of hydrogen-bond donors (Lipinski definition) is 1. The first-order chi connectivity index (χ1) is 11.7. The molecule has 4 rings (SSSR count). The second-order valence-electron chi connectivity index (χ2n) is 5.37. The van der Waals surface area contributed by atoms with Crippen LogP contribution in [0.25, 0.3) is 15.9 Å². The van der Waals surface area contributed by atoms with E-state index in [1.54, 1.807) is 17.7 Å². The summed E-state index contributed by atoms with van der Waals surface area (Å²) in [6.45, 7) is 2.09. The van der Waals surface area contributed by atoms with Gasteiger partial charge in [-0.3, -0.25) is 0 Å². The van der Waals surface area contributed by atoms with Gasteiger partial charge in [0.2, 0.25) is 0 Å². The van der Waals surface area contributed by atoms with Crippen LogP contribution >= 0.6 is 33.9 Å². The molecule has 0 aliphatic heterocycles. The maximum Gasteiger partial charge on any atom is 0.147 e. The highest BCUT2D eigenvalue weighted by Crippen LogP contribution is 2.31. The van der Waals surface area contributed by atoms with Gasteiger partial charge in [-0.05, 0) is 53.8 Å². The average Bonchev–Trinajstić information content (AvgIpc) is 3.22. The van der Waals surface area contributed by atoms with E-state index in [0.29, 0.717) is 0 Å². The quantitative estimate of drug-likeness (QED) is 0.463. The Balaban J connectivity index is 1.60. The second-order valence-corrected chi connectivity index (χ2v) is 8.32. The van der Waals surface area contributed by atoms with Crippen molar-refractivity contribution < 1.29 is 0 Å². The van der Waals surface area contributed by atoms with Gasteiger partial charge in [0.25, 0.3) is 0 Å². The van der Waals surface area contributed by atoms with E-state index in [1.165, 1.54) is 2.88 Å². The van der Waals surface area contributed by atoms with E-state index in [0.717, 1.165) is 27.4 Å². The van der Waals surface area contributed by atoms with Crippen molar-refractivity contribution in [1.29, 1.82) is 0 Å². The molecule has 0 saturated carbocycles. The lowest BCUT2D eigenvalue weighted by atomic mass is 10.2. The Morgan fingerprint density at radius 3 is 2.83 bits per heavy atom. The fourth-order valence-electron chi connectivity index (χ4n) is 2.50. The van der Waals surface area contributed by atoms with Crippen molar-refractivity contribution in [2.24, 2.45) is 0 Å². The highest BCUT2D eigenvalue weighted by atomic mass is 127. The number of benzene rings is 1. The molecule has 0 saturated heterocycles. The number of para-hydroxylation sites is 1. The normalized spacial score (nSPS) is 12.4. The van der Waals surface area contributed by atoms with Crippen molar-refractivity contribution in [1.82, 2.24) is 19.7 Å². The van der Waals surface area contributed by atoms with Gasteiger partial charge in [-0.25, -0.2) is 14.6 Å². The number of aromatic nitrogens is 4. The van der Waals surface area contributed by atoms with Gasteiger partial charge in [-0.1, -0.05) is 18.2 Å². The second kappa shape index (κ2) is 6.48. The summed E-state index contributed by atoms with van der Waals surface area (Å²) < 4.78 is 4.17. The van der Waals surface area contributed by atoms with Gasteiger partial charge < -0.3 is 5.32 Å². The Morgan fingerprint density at radius 2 is 2.00 bits per heavy atom. The molecule has 0 bridgehead atoms. The molecule has 1 unspecified atom stereocenters. The number of halogens is 1. The SMILES string of the molecule is CC(Nc1ncnc2cc(I)sc12)c1ccn(-c2ccccc2)n1. The molecule has 0 aliphatic carbocycles. The number of thiophene rings is 1. The summed E-state index contributed by atoms with van der Waals surface area (Å²) in [5.74, 6) is 0.856. The summed E-state index contributed by atoms with van der Waals surface area (Å²) in [6, 6.07) is 14.2. The molecule has 1 N–H and O–H groups in total.